The highest BCUT2D eigenvalue weighted by atomic mass is 16.5. The molecule has 1 aliphatic rings. The average Bonchev–Trinajstić information content (AvgIpc) is 2.37. The molecular weight excluding hydrogens is 238 g/mol. The number of ether oxygens (including phenoxy) is 1. The lowest BCUT2D eigenvalue weighted by Crippen LogP contribution is -2.55. The van der Waals surface area contributed by atoms with Crippen molar-refractivity contribution in [3.8, 4) is 0 Å². The van der Waals surface area contributed by atoms with Gasteiger partial charge < -0.3 is 9.64 Å². The van der Waals surface area contributed by atoms with Crippen LogP contribution in [0.3, 0.4) is 0 Å². The van der Waals surface area contributed by atoms with E-state index in [-0.39, 0.29) is 11.4 Å². The Bertz CT molecular complexity index is 437. The van der Waals surface area contributed by atoms with Gasteiger partial charge in [-0.3, -0.25) is 4.79 Å². The number of nitrogens with zero attached hydrogens (tertiary/aromatic N) is 1. The van der Waals surface area contributed by atoms with E-state index < -0.39 is 0 Å². The third-order valence-electron chi connectivity index (χ3n) is 3.69. The summed E-state index contributed by atoms with van der Waals surface area (Å²) in [6.07, 6.45) is 1.39. The van der Waals surface area contributed by atoms with Gasteiger partial charge >= 0.3 is 0 Å². The summed E-state index contributed by atoms with van der Waals surface area (Å²) in [5.41, 5.74) is 2.30. The number of benzene rings is 1. The SMILES string of the molecule is Cc1ccc(CCC(=O)N2CCOCC2(C)C)cc1. The average molecular weight is 261 g/mol. The maximum atomic E-state index is 12.3. The highest BCUT2D eigenvalue weighted by Gasteiger charge is 2.33. The molecule has 1 heterocycles. The molecule has 1 aliphatic heterocycles. The molecule has 0 spiro atoms. The van der Waals surface area contributed by atoms with Gasteiger partial charge in [0.1, 0.15) is 0 Å². The molecule has 1 saturated heterocycles. The van der Waals surface area contributed by atoms with Crippen LogP contribution in [-0.2, 0) is 16.0 Å². The van der Waals surface area contributed by atoms with Gasteiger partial charge in [-0.2, -0.15) is 0 Å². The Kier molecular flexibility index (Phi) is 4.25. The van der Waals surface area contributed by atoms with Gasteiger partial charge in [-0.1, -0.05) is 29.8 Å². The van der Waals surface area contributed by atoms with Crippen molar-refractivity contribution in [1.29, 1.82) is 0 Å². The van der Waals surface area contributed by atoms with E-state index in [1.54, 1.807) is 0 Å². The zero-order valence-corrected chi connectivity index (χ0v) is 12.1. The maximum Gasteiger partial charge on any atom is 0.223 e. The Labute approximate surface area is 115 Å². The first kappa shape index (κ1) is 14.1. The standard InChI is InChI=1S/C16H23NO2/c1-13-4-6-14(7-5-13)8-9-15(18)17-10-11-19-12-16(17,2)3/h4-7H,8-12H2,1-3H3. The largest absolute Gasteiger partial charge is 0.377 e. The quantitative estimate of drug-likeness (QED) is 0.837. The highest BCUT2D eigenvalue weighted by Crippen LogP contribution is 2.20. The van der Waals surface area contributed by atoms with Gasteiger partial charge in [0.15, 0.2) is 0 Å². The zero-order valence-electron chi connectivity index (χ0n) is 12.1. The fourth-order valence-electron chi connectivity index (χ4n) is 2.46. The molecule has 0 aromatic heterocycles. The number of hydrogen-bond donors (Lipinski definition) is 0. The molecule has 0 unspecified atom stereocenters. The Morgan fingerprint density at radius 3 is 2.63 bits per heavy atom. The molecule has 0 radical (unpaired) electrons. The van der Waals surface area contributed by atoms with Crippen molar-refractivity contribution < 1.29 is 9.53 Å². The van der Waals surface area contributed by atoms with Crippen molar-refractivity contribution >= 4 is 5.91 Å². The van der Waals surface area contributed by atoms with Gasteiger partial charge in [0.2, 0.25) is 5.91 Å². The van der Waals surface area contributed by atoms with Gasteiger partial charge in [0.25, 0.3) is 0 Å². The number of carbonyl (C=O) groups excluding carboxylic acids is 1. The van der Waals surface area contributed by atoms with Gasteiger partial charge in [-0.25, -0.2) is 0 Å². The van der Waals surface area contributed by atoms with E-state index in [1.807, 2.05) is 4.90 Å². The number of carbonyl (C=O) groups is 1. The van der Waals surface area contributed by atoms with Crippen molar-refractivity contribution in [1.82, 2.24) is 4.90 Å². The number of rotatable bonds is 3. The minimum atomic E-state index is -0.178. The fourth-order valence-corrected chi connectivity index (χ4v) is 2.46. The topological polar surface area (TPSA) is 29.5 Å². The summed E-state index contributed by atoms with van der Waals surface area (Å²) in [5.74, 6) is 0.230. The number of morpholine rings is 1. The first-order valence-electron chi connectivity index (χ1n) is 6.93. The molecule has 104 valence electrons. The second-order valence-corrected chi connectivity index (χ2v) is 5.90. The predicted molar refractivity (Wildman–Crippen MR) is 76.1 cm³/mol. The lowest BCUT2D eigenvalue weighted by atomic mass is 10.0. The third kappa shape index (κ3) is 3.57. The van der Waals surface area contributed by atoms with Crippen LogP contribution in [0.25, 0.3) is 0 Å². The molecule has 0 saturated carbocycles. The van der Waals surface area contributed by atoms with Crippen LogP contribution >= 0.6 is 0 Å². The van der Waals surface area contributed by atoms with E-state index in [0.717, 1.165) is 6.42 Å². The molecule has 1 aromatic rings. The van der Waals surface area contributed by atoms with Gasteiger partial charge in [-0.05, 0) is 32.8 Å². The maximum absolute atomic E-state index is 12.3. The van der Waals surface area contributed by atoms with Crippen LogP contribution < -0.4 is 0 Å². The van der Waals surface area contributed by atoms with Crippen LogP contribution in [0.15, 0.2) is 24.3 Å². The number of hydrogen-bond acceptors (Lipinski definition) is 2. The van der Waals surface area contributed by atoms with E-state index in [1.165, 1.54) is 11.1 Å². The van der Waals surface area contributed by atoms with Crippen LogP contribution in [0, 0.1) is 6.92 Å². The zero-order chi connectivity index (χ0) is 13.9. The minimum Gasteiger partial charge on any atom is -0.377 e. The Balaban J connectivity index is 1.92. The normalized spacial score (nSPS) is 18.4. The third-order valence-corrected chi connectivity index (χ3v) is 3.69. The summed E-state index contributed by atoms with van der Waals surface area (Å²) in [6, 6.07) is 8.40. The molecule has 3 heteroatoms. The first-order valence-corrected chi connectivity index (χ1v) is 6.93. The van der Waals surface area contributed by atoms with E-state index in [0.29, 0.717) is 26.2 Å². The molecule has 0 aliphatic carbocycles. The summed E-state index contributed by atoms with van der Waals surface area (Å²) >= 11 is 0. The molecular formula is C16H23NO2. The van der Waals surface area contributed by atoms with Gasteiger partial charge in [0.05, 0.1) is 18.8 Å². The van der Waals surface area contributed by atoms with Crippen LogP contribution in [0.5, 0.6) is 0 Å². The monoisotopic (exact) mass is 261 g/mol. The predicted octanol–water partition coefficient (Wildman–Crippen LogP) is 2.57. The second kappa shape index (κ2) is 5.74. The molecule has 0 atom stereocenters. The summed E-state index contributed by atoms with van der Waals surface area (Å²) in [4.78, 5) is 14.3. The van der Waals surface area contributed by atoms with Crippen molar-refractivity contribution in [2.75, 3.05) is 19.8 Å². The molecule has 0 bridgehead atoms. The van der Waals surface area contributed by atoms with Crippen molar-refractivity contribution in [3.63, 3.8) is 0 Å². The highest BCUT2D eigenvalue weighted by molar-refractivity contribution is 5.77. The molecule has 19 heavy (non-hydrogen) atoms. The summed E-state index contributed by atoms with van der Waals surface area (Å²) < 4.78 is 5.45. The molecule has 1 aromatic carbocycles. The lowest BCUT2D eigenvalue weighted by molar-refractivity contribution is -0.146. The van der Waals surface area contributed by atoms with E-state index >= 15 is 0 Å². The van der Waals surface area contributed by atoms with E-state index in [9.17, 15) is 4.79 Å². The van der Waals surface area contributed by atoms with Crippen LogP contribution in [0.2, 0.25) is 0 Å². The van der Waals surface area contributed by atoms with Crippen molar-refractivity contribution in [3.05, 3.63) is 35.4 Å². The molecule has 0 N–H and O–H groups in total. The van der Waals surface area contributed by atoms with Crippen molar-refractivity contribution in [2.45, 2.75) is 39.2 Å². The summed E-state index contributed by atoms with van der Waals surface area (Å²) in [7, 11) is 0. The summed E-state index contributed by atoms with van der Waals surface area (Å²) in [6.45, 7) is 8.19. The van der Waals surface area contributed by atoms with Crippen LogP contribution in [-0.4, -0.2) is 36.1 Å². The Hall–Kier alpha value is -1.35. The molecule has 3 nitrogen and oxygen atoms in total. The Morgan fingerprint density at radius 2 is 2.00 bits per heavy atom. The molecule has 1 fully saturated rings. The van der Waals surface area contributed by atoms with Gasteiger partial charge in [-0.15, -0.1) is 0 Å². The van der Waals surface area contributed by atoms with Crippen LogP contribution in [0.4, 0.5) is 0 Å². The summed E-state index contributed by atoms with van der Waals surface area (Å²) in [5, 5.41) is 0. The van der Waals surface area contributed by atoms with E-state index in [4.69, 9.17) is 4.74 Å². The van der Waals surface area contributed by atoms with Crippen molar-refractivity contribution in [2.24, 2.45) is 0 Å². The Morgan fingerprint density at radius 1 is 1.32 bits per heavy atom. The first-order chi connectivity index (χ1) is 8.99. The lowest BCUT2D eigenvalue weighted by Gasteiger charge is -2.42. The minimum absolute atomic E-state index is 0.178. The van der Waals surface area contributed by atoms with E-state index in [2.05, 4.69) is 45.0 Å². The smallest absolute Gasteiger partial charge is 0.223 e. The van der Waals surface area contributed by atoms with Gasteiger partial charge in [0, 0.05) is 13.0 Å². The van der Waals surface area contributed by atoms with Crippen LogP contribution in [0.1, 0.15) is 31.4 Å². The second-order valence-electron chi connectivity index (χ2n) is 5.90. The fraction of sp³-hybridized carbons (Fsp3) is 0.562. The number of amides is 1. The molecule has 2 rings (SSSR count). The molecule has 1 amide bonds. The number of aryl methyl sites for hydroxylation is 2.